The molecule has 0 amide bonds. The Balaban J connectivity index is 1.82. The van der Waals surface area contributed by atoms with Gasteiger partial charge in [0.05, 0.1) is 4.53 Å². The molecule has 0 bridgehead atoms. The van der Waals surface area contributed by atoms with Gasteiger partial charge in [0.25, 0.3) is 5.56 Å². The Morgan fingerprint density at radius 3 is 2.70 bits per heavy atom. The van der Waals surface area contributed by atoms with Crippen LogP contribution in [0, 0.1) is 6.92 Å². The Labute approximate surface area is 135 Å². The van der Waals surface area contributed by atoms with Crippen molar-refractivity contribution in [1.29, 1.82) is 0 Å². The van der Waals surface area contributed by atoms with Crippen LogP contribution in [0.2, 0.25) is 0 Å². The highest BCUT2D eigenvalue weighted by Gasteiger charge is 2.11. The SMILES string of the molecule is Cc1ccc(-c2nc3sc(=Cc4cccnc4)c(=O)n3n2)cc1. The molecule has 0 radical (unpaired) electrons. The van der Waals surface area contributed by atoms with Gasteiger partial charge in [-0.1, -0.05) is 47.2 Å². The summed E-state index contributed by atoms with van der Waals surface area (Å²) in [7, 11) is 0. The summed E-state index contributed by atoms with van der Waals surface area (Å²) in [5, 5.41) is 4.34. The first kappa shape index (κ1) is 13.8. The molecule has 0 atom stereocenters. The van der Waals surface area contributed by atoms with Crippen molar-refractivity contribution in [3.63, 3.8) is 0 Å². The summed E-state index contributed by atoms with van der Waals surface area (Å²) in [4.78, 5) is 21.6. The minimum atomic E-state index is -0.153. The van der Waals surface area contributed by atoms with E-state index in [9.17, 15) is 4.79 Å². The highest BCUT2D eigenvalue weighted by Crippen LogP contribution is 2.16. The molecule has 0 aliphatic rings. The monoisotopic (exact) mass is 320 g/mol. The third kappa shape index (κ3) is 2.53. The largest absolute Gasteiger partial charge is 0.291 e. The zero-order chi connectivity index (χ0) is 15.8. The predicted molar refractivity (Wildman–Crippen MR) is 90.3 cm³/mol. The second kappa shape index (κ2) is 5.40. The van der Waals surface area contributed by atoms with Gasteiger partial charge in [-0.15, -0.1) is 5.10 Å². The molecule has 23 heavy (non-hydrogen) atoms. The lowest BCUT2D eigenvalue weighted by atomic mass is 10.1. The lowest BCUT2D eigenvalue weighted by Gasteiger charge is -1.95. The molecule has 0 aliphatic carbocycles. The first-order valence-electron chi connectivity index (χ1n) is 7.09. The van der Waals surface area contributed by atoms with Crippen LogP contribution in [0.3, 0.4) is 0 Å². The van der Waals surface area contributed by atoms with Crippen molar-refractivity contribution in [1.82, 2.24) is 19.6 Å². The Morgan fingerprint density at radius 2 is 2.00 bits per heavy atom. The van der Waals surface area contributed by atoms with Crippen molar-refractivity contribution < 1.29 is 0 Å². The molecule has 0 unspecified atom stereocenters. The van der Waals surface area contributed by atoms with Gasteiger partial charge in [0, 0.05) is 18.0 Å². The molecule has 0 saturated carbocycles. The summed E-state index contributed by atoms with van der Waals surface area (Å²) >= 11 is 1.33. The maximum Gasteiger partial charge on any atom is 0.291 e. The van der Waals surface area contributed by atoms with E-state index < -0.39 is 0 Å². The molecule has 0 fully saturated rings. The van der Waals surface area contributed by atoms with Gasteiger partial charge < -0.3 is 0 Å². The average Bonchev–Trinajstić information content (AvgIpc) is 3.10. The van der Waals surface area contributed by atoms with Crippen LogP contribution in [-0.4, -0.2) is 19.6 Å². The van der Waals surface area contributed by atoms with Crippen LogP contribution in [-0.2, 0) is 0 Å². The number of aryl methyl sites for hydroxylation is 1. The molecule has 1 aromatic carbocycles. The highest BCUT2D eigenvalue weighted by atomic mass is 32.1. The Hall–Kier alpha value is -2.86. The summed E-state index contributed by atoms with van der Waals surface area (Å²) in [6.45, 7) is 2.03. The third-order valence-corrected chi connectivity index (χ3v) is 4.43. The number of nitrogens with zero attached hydrogens (tertiary/aromatic N) is 4. The van der Waals surface area contributed by atoms with E-state index in [4.69, 9.17) is 0 Å². The molecule has 0 saturated heterocycles. The minimum Gasteiger partial charge on any atom is -0.266 e. The number of hydrogen-bond donors (Lipinski definition) is 0. The number of fused-ring (bicyclic) bond motifs is 1. The number of rotatable bonds is 2. The first-order valence-corrected chi connectivity index (χ1v) is 7.91. The van der Waals surface area contributed by atoms with E-state index in [0.29, 0.717) is 15.3 Å². The molecule has 3 heterocycles. The molecule has 0 spiro atoms. The Morgan fingerprint density at radius 1 is 1.17 bits per heavy atom. The van der Waals surface area contributed by atoms with Gasteiger partial charge >= 0.3 is 0 Å². The molecule has 4 aromatic rings. The van der Waals surface area contributed by atoms with Crippen LogP contribution in [0.1, 0.15) is 11.1 Å². The zero-order valence-electron chi connectivity index (χ0n) is 12.3. The van der Waals surface area contributed by atoms with Gasteiger partial charge in [-0.2, -0.15) is 9.50 Å². The average molecular weight is 320 g/mol. The van der Waals surface area contributed by atoms with Gasteiger partial charge in [0.2, 0.25) is 4.96 Å². The van der Waals surface area contributed by atoms with Crippen molar-refractivity contribution in [3.8, 4) is 11.4 Å². The van der Waals surface area contributed by atoms with E-state index in [-0.39, 0.29) is 5.56 Å². The van der Waals surface area contributed by atoms with Crippen molar-refractivity contribution in [2.75, 3.05) is 0 Å². The molecule has 6 heteroatoms. The molecule has 0 aliphatic heterocycles. The van der Waals surface area contributed by atoms with Gasteiger partial charge in [0.15, 0.2) is 5.82 Å². The fourth-order valence-electron chi connectivity index (χ4n) is 2.27. The lowest BCUT2D eigenvalue weighted by Crippen LogP contribution is -2.23. The van der Waals surface area contributed by atoms with Crippen LogP contribution >= 0.6 is 11.3 Å². The number of pyridine rings is 1. The predicted octanol–water partition coefficient (Wildman–Crippen LogP) is 2.07. The normalized spacial score (nSPS) is 12.1. The van der Waals surface area contributed by atoms with E-state index in [1.54, 1.807) is 12.4 Å². The van der Waals surface area contributed by atoms with Crippen molar-refractivity contribution >= 4 is 22.4 Å². The number of hydrogen-bond acceptors (Lipinski definition) is 5. The van der Waals surface area contributed by atoms with Gasteiger partial charge in [0.1, 0.15) is 0 Å². The zero-order valence-corrected chi connectivity index (χ0v) is 13.1. The second-order valence-electron chi connectivity index (χ2n) is 5.20. The minimum absolute atomic E-state index is 0.153. The Kier molecular flexibility index (Phi) is 3.24. The van der Waals surface area contributed by atoms with Crippen LogP contribution in [0.15, 0.2) is 53.6 Å². The summed E-state index contributed by atoms with van der Waals surface area (Å²) in [5.41, 5.74) is 2.81. The quantitative estimate of drug-likeness (QED) is 0.567. The van der Waals surface area contributed by atoms with Crippen LogP contribution in [0.4, 0.5) is 0 Å². The first-order chi connectivity index (χ1) is 11.2. The standard InChI is InChI=1S/C17H12N4OS/c1-11-4-6-13(7-5-11)15-19-17-21(20-15)16(22)14(23-17)9-12-3-2-8-18-10-12/h2-10H,1H3. The fraction of sp³-hybridized carbons (Fsp3) is 0.0588. The summed E-state index contributed by atoms with van der Waals surface area (Å²) in [6.07, 6.45) is 5.22. The summed E-state index contributed by atoms with van der Waals surface area (Å²) < 4.78 is 1.96. The van der Waals surface area contributed by atoms with Crippen molar-refractivity contribution in [3.05, 3.63) is 74.8 Å². The maximum absolute atomic E-state index is 12.5. The van der Waals surface area contributed by atoms with E-state index >= 15 is 0 Å². The number of aromatic nitrogens is 4. The van der Waals surface area contributed by atoms with Crippen LogP contribution < -0.4 is 10.1 Å². The van der Waals surface area contributed by atoms with Crippen LogP contribution in [0.25, 0.3) is 22.4 Å². The van der Waals surface area contributed by atoms with E-state index in [1.807, 2.05) is 49.4 Å². The fourth-order valence-corrected chi connectivity index (χ4v) is 3.18. The lowest BCUT2D eigenvalue weighted by molar-refractivity contribution is 0.937. The van der Waals surface area contributed by atoms with Crippen molar-refractivity contribution in [2.45, 2.75) is 6.92 Å². The van der Waals surface area contributed by atoms with Gasteiger partial charge in [-0.3, -0.25) is 9.78 Å². The van der Waals surface area contributed by atoms with Crippen molar-refractivity contribution in [2.24, 2.45) is 0 Å². The summed E-state index contributed by atoms with van der Waals surface area (Å²) in [5.74, 6) is 0.571. The number of thiazole rings is 1. The van der Waals surface area contributed by atoms with E-state index in [1.165, 1.54) is 21.4 Å². The molecular formula is C17H12N4OS. The molecule has 112 valence electrons. The van der Waals surface area contributed by atoms with Gasteiger partial charge in [-0.05, 0) is 24.6 Å². The van der Waals surface area contributed by atoms with Gasteiger partial charge in [-0.25, -0.2) is 0 Å². The van der Waals surface area contributed by atoms with E-state index in [2.05, 4.69) is 15.1 Å². The molecule has 5 nitrogen and oxygen atoms in total. The highest BCUT2D eigenvalue weighted by molar-refractivity contribution is 7.15. The molecule has 3 aromatic heterocycles. The summed E-state index contributed by atoms with van der Waals surface area (Å²) in [6, 6.07) is 11.7. The number of benzene rings is 1. The third-order valence-electron chi connectivity index (χ3n) is 3.47. The molecule has 4 rings (SSSR count). The Bertz CT molecular complexity index is 1080. The molecule has 0 N–H and O–H groups in total. The topological polar surface area (TPSA) is 60.2 Å². The van der Waals surface area contributed by atoms with E-state index in [0.717, 1.165) is 11.1 Å². The molecular weight excluding hydrogens is 308 g/mol. The second-order valence-corrected chi connectivity index (χ2v) is 6.21. The van der Waals surface area contributed by atoms with Crippen LogP contribution in [0.5, 0.6) is 0 Å². The maximum atomic E-state index is 12.5. The smallest absolute Gasteiger partial charge is 0.266 e.